The van der Waals surface area contributed by atoms with Crippen molar-refractivity contribution in [2.45, 2.75) is 45.6 Å². The van der Waals surface area contributed by atoms with Crippen molar-refractivity contribution in [2.75, 3.05) is 41.8 Å². The Balaban J connectivity index is 1.60. The quantitative estimate of drug-likeness (QED) is 0.297. The number of aryl methyl sites for hydroxylation is 1. The van der Waals surface area contributed by atoms with Crippen molar-refractivity contribution < 1.29 is 22.7 Å². The zero-order valence-electron chi connectivity index (χ0n) is 23.6. The molecule has 1 aliphatic heterocycles. The SMILES string of the molecule is COc1c(NC(=O)c2ccc(C)c(Oc3ccnc(NC4CCNC4)n3)c2)cc(C(C)(C)C)cc1NS(C)(=O)=O. The van der Waals surface area contributed by atoms with Crippen molar-refractivity contribution >= 4 is 33.3 Å². The van der Waals surface area contributed by atoms with Crippen molar-refractivity contribution in [1.29, 1.82) is 0 Å². The Bertz CT molecular complexity index is 1500. The molecule has 11 nitrogen and oxygen atoms in total. The normalized spacial score (nSPS) is 15.4. The molecule has 1 saturated heterocycles. The van der Waals surface area contributed by atoms with Gasteiger partial charge in [-0.1, -0.05) is 26.8 Å². The number of rotatable bonds is 9. The molecule has 1 aromatic heterocycles. The lowest BCUT2D eigenvalue weighted by molar-refractivity contribution is 0.102. The third-order valence-electron chi connectivity index (χ3n) is 6.39. The maximum atomic E-state index is 13.4. The topological polar surface area (TPSA) is 144 Å². The third-order valence-corrected chi connectivity index (χ3v) is 6.98. The number of aromatic nitrogens is 2. The van der Waals surface area contributed by atoms with Crippen LogP contribution in [0.4, 0.5) is 17.3 Å². The average molecular weight is 569 g/mol. The van der Waals surface area contributed by atoms with Gasteiger partial charge >= 0.3 is 0 Å². The van der Waals surface area contributed by atoms with E-state index in [-0.39, 0.29) is 22.9 Å². The van der Waals surface area contributed by atoms with Crippen molar-refractivity contribution in [3.8, 4) is 17.4 Å². The number of carbonyl (C=O) groups is 1. The number of sulfonamides is 1. The maximum Gasteiger partial charge on any atom is 0.255 e. The van der Waals surface area contributed by atoms with E-state index < -0.39 is 15.9 Å². The molecule has 2 aromatic carbocycles. The summed E-state index contributed by atoms with van der Waals surface area (Å²) in [6, 6.07) is 10.5. The van der Waals surface area contributed by atoms with Gasteiger partial charge in [0.25, 0.3) is 5.91 Å². The van der Waals surface area contributed by atoms with Crippen LogP contribution in [0.1, 0.15) is 48.7 Å². The van der Waals surface area contributed by atoms with Gasteiger partial charge in [-0.3, -0.25) is 9.52 Å². The molecule has 0 saturated carbocycles. The highest BCUT2D eigenvalue weighted by Gasteiger charge is 2.23. The van der Waals surface area contributed by atoms with Gasteiger partial charge in [-0.2, -0.15) is 4.98 Å². The van der Waals surface area contributed by atoms with E-state index in [0.29, 0.717) is 28.8 Å². The molecule has 0 radical (unpaired) electrons. The number of ether oxygens (including phenoxy) is 2. The first-order valence-electron chi connectivity index (χ1n) is 12.9. The smallest absolute Gasteiger partial charge is 0.255 e. The molecule has 0 aliphatic carbocycles. The Morgan fingerprint density at radius 3 is 2.52 bits per heavy atom. The summed E-state index contributed by atoms with van der Waals surface area (Å²) in [5.74, 6) is 1.07. The van der Waals surface area contributed by atoms with E-state index >= 15 is 0 Å². The van der Waals surface area contributed by atoms with E-state index in [0.717, 1.165) is 36.9 Å². The fourth-order valence-electron chi connectivity index (χ4n) is 4.24. The number of hydrogen-bond donors (Lipinski definition) is 4. The van der Waals surface area contributed by atoms with E-state index in [1.807, 2.05) is 27.7 Å². The van der Waals surface area contributed by atoms with E-state index in [1.165, 1.54) is 7.11 Å². The van der Waals surface area contributed by atoms with E-state index in [1.54, 1.807) is 42.6 Å². The van der Waals surface area contributed by atoms with Crippen LogP contribution in [0.2, 0.25) is 0 Å². The highest BCUT2D eigenvalue weighted by molar-refractivity contribution is 7.92. The number of hydrogen-bond acceptors (Lipinski definition) is 9. The van der Waals surface area contributed by atoms with Gasteiger partial charge in [0.05, 0.1) is 24.7 Å². The molecule has 1 amide bonds. The number of methoxy groups -OCH3 is 1. The highest BCUT2D eigenvalue weighted by Crippen LogP contribution is 2.39. The van der Waals surface area contributed by atoms with Crippen LogP contribution in [0, 0.1) is 6.92 Å². The summed E-state index contributed by atoms with van der Waals surface area (Å²) in [5, 5.41) is 9.47. The number of anilines is 3. The molecule has 4 rings (SSSR count). The van der Waals surface area contributed by atoms with Gasteiger partial charge in [0.15, 0.2) is 5.75 Å². The lowest BCUT2D eigenvalue weighted by Crippen LogP contribution is -2.23. The fraction of sp³-hybridized carbons (Fsp3) is 0.393. The van der Waals surface area contributed by atoms with Crippen LogP contribution < -0.4 is 30.1 Å². The van der Waals surface area contributed by atoms with Gasteiger partial charge in [0.1, 0.15) is 5.75 Å². The summed E-state index contributed by atoms with van der Waals surface area (Å²) < 4.78 is 38.1. The molecule has 40 heavy (non-hydrogen) atoms. The number of amides is 1. The minimum Gasteiger partial charge on any atom is -0.492 e. The van der Waals surface area contributed by atoms with Crippen molar-refractivity contribution in [1.82, 2.24) is 15.3 Å². The summed E-state index contributed by atoms with van der Waals surface area (Å²) in [5.41, 5.74) is 2.21. The molecule has 2 heterocycles. The first kappa shape index (κ1) is 29.1. The van der Waals surface area contributed by atoms with Gasteiger partial charge in [-0.05, 0) is 60.7 Å². The monoisotopic (exact) mass is 568 g/mol. The second kappa shape index (κ2) is 11.7. The first-order valence-corrected chi connectivity index (χ1v) is 14.8. The molecule has 4 N–H and O–H groups in total. The lowest BCUT2D eigenvalue weighted by Gasteiger charge is -2.24. The van der Waals surface area contributed by atoms with Crippen LogP contribution in [0.5, 0.6) is 17.4 Å². The van der Waals surface area contributed by atoms with Crippen LogP contribution in [0.25, 0.3) is 0 Å². The largest absolute Gasteiger partial charge is 0.492 e. The van der Waals surface area contributed by atoms with E-state index in [2.05, 4.69) is 30.6 Å². The summed E-state index contributed by atoms with van der Waals surface area (Å²) >= 11 is 0. The summed E-state index contributed by atoms with van der Waals surface area (Å²) in [7, 11) is -2.18. The van der Waals surface area contributed by atoms with Gasteiger partial charge in [0, 0.05) is 30.4 Å². The standard InChI is InChI=1S/C28H36N6O5S/c1-17-7-8-18(13-23(17)39-24-10-12-30-27(33-24)31-20-9-11-29-16-20)26(35)32-21-14-19(28(2,3)4)15-22(25(21)38-5)34-40(6,36)37/h7-8,10,12-15,20,29,34H,9,11,16H2,1-6H3,(H,32,35)(H,30,31,33). The molecule has 1 aliphatic rings. The molecule has 0 bridgehead atoms. The van der Waals surface area contributed by atoms with Crippen molar-refractivity contribution in [3.05, 3.63) is 59.3 Å². The maximum absolute atomic E-state index is 13.4. The molecular weight excluding hydrogens is 532 g/mol. The van der Waals surface area contributed by atoms with Gasteiger partial charge < -0.3 is 25.4 Å². The Morgan fingerprint density at radius 2 is 1.88 bits per heavy atom. The molecule has 1 atom stereocenters. The van der Waals surface area contributed by atoms with Gasteiger partial charge in [-0.25, -0.2) is 13.4 Å². The molecule has 214 valence electrons. The number of nitrogens with zero attached hydrogens (tertiary/aromatic N) is 2. The van der Waals surface area contributed by atoms with Crippen LogP contribution in [-0.4, -0.2) is 56.8 Å². The van der Waals surface area contributed by atoms with Crippen molar-refractivity contribution in [3.63, 3.8) is 0 Å². The first-order chi connectivity index (χ1) is 18.8. The predicted molar refractivity (Wildman–Crippen MR) is 156 cm³/mol. The number of benzene rings is 2. The molecule has 0 spiro atoms. The van der Waals surface area contributed by atoms with Gasteiger partial charge in [-0.15, -0.1) is 0 Å². The predicted octanol–water partition coefficient (Wildman–Crippen LogP) is 4.28. The van der Waals surface area contributed by atoms with Gasteiger partial charge in [0.2, 0.25) is 21.9 Å². The zero-order chi connectivity index (χ0) is 29.1. The molecule has 3 aromatic rings. The lowest BCUT2D eigenvalue weighted by atomic mass is 9.86. The van der Waals surface area contributed by atoms with Crippen LogP contribution in [-0.2, 0) is 15.4 Å². The highest BCUT2D eigenvalue weighted by atomic mass is 32.2. The number of carbonyl (C=O) groups excluding carboxylic acids is 1. The minimum atomic E-state index is -3.60. The Hall–Kier alpha value is -3.90. The summed E-state index contributed by atoms with van der Waals surface area (Å²) in [6.07, 6.45) is 3.67. The van der Waals surface area contributed by atoms with E-state index in [9.17, 15) is 13.2 Å². The minimum absolute atomic E-state index is 0.203. The summed E-state index contributed by atoms with van der Waals surface area (Å²) in [6.45, 7) is 9.65. The molecule has 12 heteroatoms. The van der Waals surface area contributed by atoms with Crippen LogP contribution in [0.3, 0.4) is 0 Å². The number of nitrogens with one attached hydrogen (secondary N) is 4. The fourth-order valence-corrected chi connectivity index (χ4v) is 4.79. The van der Waals surface area contributed by atoms with E-state index in [4.69, 9.17) is 9.47 Å². The second-order valence-corrected chi connectivity index (χ2v) is 12.6. The van der Waals surface area contributed by atoms with Crippen LogP contribution in [0.15, 0.2) is 42.6 Å². The van der Waals surface area contributed by atoms with Crippen molar-refractivity contribution in [2.24, 2.45) is 0 Å². The summed E-state index contributed by atoms with van der Waals surface area (Å²) in [4.78, 5) is 22.1. The molecule has 1 unspecified atom stereocenters. The average Bonchev–Trinajstić information content (AvgIpc) is 3.37. The van der Waals surface area contributed by atoms with Crippen LogP contribution >= 0.6 is 0 Å². The molecular formula is C28H36N6O5S. The zero-order valence-corrected chi connectivity index (χ0v) is 24.4. The third kappa shape index (κ3) is 7.39. The second-order valence-electron chi connectivity index (χ2n) is 10.8. The molecule has 1 fully saturated rings. The Morgan fingerprint density at radius 1 is 1.12 bits per heavy atom. The Kier molecular flexibility index (Phi) is 8.50. The Labute approximate surface area is 235 Å².